The van der Waals surface area contributed by atoms with Crippen molar-refractivity contribution in [3.05, 3.63) is 28.5 Å². The van der Waals surface area contributed by atoms with Gasteiger partial charge in [0.05, 0.1) is 12.7 Å². The van der Waals surface area contributed by atoms with Crippen molar-refractivity contribution in [2.75, 3.05) is 7.11 Å². The number of carbonyl (C=O) groups is 2. The van der Waals surface area contributed by atoms with Gasteiger partial charge in [-0.1, -0.05) is 13.8 Å². The molecule has 0 unspecified atom stereocenters. The fourth-order valence-electron chi connectivity index (χ4n) is 1.39. The van der Waals surface area contributed by atoms with Gasteiger partial charge in [0.2, 0.25) is 0 Å². The van der Waals surface area contributed by atoms with Crippen LogP contribution >= 0.6 is 15.9 Å². The molecular formula is C12H15BrN2O3. The molecule has 0 spiro atoms. The number of aromatic nitrogens is 1. The Bertz CT molecular complexity index is 449. The minimum absolute atomic E-state index is 0.0542. The minimum Gasteiger partial charge on any atom is -0.467 e. The van der Waals surface area contributed by atoms with Crippen LogP contribution < -0.4 is 5.32 Å². The maximum atomic E-state index is 12.0. The molecule has 1 aromatic rings. The summed E-state index contributed by atoms with van der Waals surface area (Å²) >= 11 is 3.23. The summed E-state index contributed by atoms with van der Waals surface area (Å²) in [6.07, 6.45) is 3.02. The molecular weight excluding hydrogens is 300 g/mol. The van der Waals surface area contributed by atoms with Crippen LogP contribution in [0, 0.1) is 5.92 Å². The van der Waals surface area contributed by atoms with Crippen molar-refractivity contribution in [1.29, 1.82) is 0 Å². The lowest BCUT2D eigenvalue weighted by molar-refractivity contribution is -0.144. The fraction of sp³-hybridized carbons (Fsp3) is 0.417. The van der Waals surface area contributed by atoms with Crippen molar-refractivity contribution in [1.82, 2.24) is 10.3 Å². The van der Waals surface area contributed by atoms with Crippen LogP contribution in [0.2, 0.25) is 0 Å². The van der Waals surface area contributed by atoms with Crippen molar-refractivity contribution in [2.45, 2.75) is 19.9 Å². The number of nitrogens with one attached hydrogen (secondary N) is 1. The number of rotatable bonds is 4. The van der Waals surface area contributed by atoms with Crippen molar-refractivity contribution < 1.29 is 14.3 Å². The highest BCUT2D eigenvalue weighted by Crippen LogP contribution is 2.11. The van der Waals surface area contributed by atoms with Crippen LogP contribution in [0.25, 0.3) is 0 Å². The third-order valence-electron chi connectivity index (χ3n) is 2.38. The molecule has 5 nitrogen and oxygen atoms in total. The molecule has 0 saturated carbocycles. The number of pyridine rings is 1. The summed E-state index contributed by atoms with van der Waals surface area (Å²) in [7, 11) is 1.30. The topological polar surface area (TPSA) is 68.3 Å². The first-order valence-electron chi connectivity index (χ1n) is 5.45. The molecule has 0 aliphatic heterocycles. The lowest BCUT2D eigenvalue weighted by atomic mass is 10.0. The summed E-state index contributed by atoms with van der Waals surface area (Å²) in [6, 6.07) is 0.971. The number of ether oxygens (including phenoxy) is 1. The molecule has 18 heavy (non-hydrogen) atoms. The largest absolute Gasteiger partial charge is 0.467 e. The summed E-state index contributed by atoms with van der Waals surface area (Å²) < 4.78 is 5.36. The van der Waals surface area contributed by atoms with Gasteiger partial charge in [-0.2, -0.15) is 0 Å². The molecule has 98 valence electrons. The highest BCUT2D eigenvalue weighted by molar-refractivity contribution is 9.10. The summed E-state index contributed by atoms with van der Waals surface area (Å²) in [5.41, 5.74) is 0.388. The van der Waals surface area contributed by atoms with E-state index in [1.807, 2.05) is 13.8 Å². The number of amides is 1. The minimum atomic E-state index is -0.665. The number of methoxy groups -OCH3 is 1. The second-order valence-electron chi connectivity index (χ2n) is 4.11. The van der Waals surface area contributed by atoms with Gasteiger partial charge in [0.1, 0.15) is 6.04 Å². The van der Waals surface area contributed by atoms with Crippen LogP contribution in [0.3, 0.4) is 0 Å². The molecule has 0 aromatic carbocycles. The summed E-state index contributed by atoms with van der Waals surface area (Å²) in [5, 5.41) is 2.64. The maximum absolute atomic E-state index is 12.0. The van der Waals surface area contributed by atoms with Gasteiger partial charge < -0.3 is 10.1 Å². The molecule has 1 heterocycles. The summed E-state index contributed by atoms with van der Waals surface area (Å²) in [4.78, 5) is 27.4. The highest BCUT2D eigenvalue weighted by atomic mass is 79.9. The Morgan fingerprint density at radius 2 is 2.06 bits per heavy atom. The molecule has 1 aromatic heterocycles. The van der Waals surface area contributed by atoms with Crippen LogP contribution in [0.4, 0.5) is 0 Å². The smallest absolute Gasteiger partial charge is 0.328 e. The lowest BCUT2D eigenvalue weighted by Gasteiger charge is -2.19. The summed E-state index contributed by atoms with van der Waals surface area (Å²) in [5.74, 6) is -0.865. The molecule has 1 atom stereocenters. The van der Waals surface area contributed by atoms with E-state index in [9.17, 15) is 9.59 Å². The molecule has 0 aliphatic rings. The Morgan fingerprint density at radius 1 is 1.39 bits per heavy atom. The van der Waals surface area contributed by atoms with Crippen LogP contribution in [0.5, 0.6) is 0 Å². The quantitative estimate of drug-likeness (QED) is 0.860. The number of esters is 1. The van der Waals surface area contributed by atoms with E-state index in [-0.39, 0.29) is 11.8 Å². The van der Waals surface area contributed by atoms with Gasteiger partial charge in [-0.3, -0.25) is 9.78 Å². The SMILES string of the molecule is COC(=O)[C@@H](NC(=O)c1cncc(Br)c1)C(C)C. The zero-order chi connectivity index (χ0) is 13.7. The highest BCUT2D eigenvalue weighted by Gasteiger charge is 2.25. The van der Waals surface area contributed by atoms with Gasteiger partial charge in [-0.25, -0.2) is 4.79 Å². The molecule has 6 heteroatoms. The predicted octanol–water partition coefficient (Wildman–Crippen LogP) is 1.77. The molecule has 0 radical (unpaired) electrons. The first-order chi connectivity index (χ1) is 8.45. The number of hydrogen-bond donors (Lipinski definition) is 1. The average molecular weight is 315 g/mol. The maximum Gasteiger partial charge on any atom is 0.328 e. The van der Waals surface area contributed by atoms with Crippen molar-refractivity contribution in [2.24, 2.45) is 5.92 Å². The molecule has 0 saturated heterocycles. The monoisotopic (exact) mass is 314 g/mol. The Labute approximate surface area is 114 Å². The van der Waals surface area contributed by atoms with Crippen molar-refractivity contribution in [3.8, 4) is 0 Å². The predicted molar refractivity (Wildman–Crippen MR) is 70.0 cm³/mol. The van der Waals surface area contributed by atoms with Crippen LogP contribution in [0.1, 0.15) is 24.2 Å². The lowest BCUT2D eigenvalue weighted by Crippen LogP contribution is -2.45. The fourth-order valence-corrected chi connectivity index (χ4v) is 1.75. The van der Waals surface area contributed by atoms with Gasteiger partial charge in [0.25, 0.3) is 5.91 Å². The molecule has 0 bridgehead atoms. The van der Waals surface area contributed by atoms with E-state index in [2.05, 4.69) is 31.0 Å². The van der Waals surface area contributed by atoms with Crippen molar-refractivity contribution >= 4 is 27.8 Å². The standard InChI is InChI=1S/C12H15BrN2O3/c1-7(2)10(12(17)18-3)15-11(16)8-4-9(13)6-14-5-8/h4-7,10H,1-3H3,(H,15,16)/t10-/m0/s1. The molecule has 0 fully saturated rings. The van der Waals surface area contributed by atoms with E-state index >= 15 is 0 Å². The average Bonchev–Trinajstić information content (AvgIpc) is 2.34. The third kappa shape index (κ3) is 3.80. The van der Waals surface area contributed by atoms with E-state index in [1.54, 1.807) is 12.3 Å². The van der Waals surface area contributed by atoms with E-state index in [0.29, 0.717) is 10.0 Å². The second kappa shape index (κ2) is 6.49. The number of nitrogens with zero attached hydrogens (tertiary/aromatic N) is 1. The Balaban J connectivity index is 2.82. The number of carbonyl (C=O) groups excluding carboxylic acids is 2. The van der Waals surface area contributed by atoms with Crippen LogP contribution in [-0.2, 0) is 9.53 Å². The van der Waals surface area contributed by atoms with Crippen LogP contribution in [0.15, 0.2) is 22.9 Å². The van der Waals surface area contributed by atoms with Crippen molar-refractivity contribution in [3.63, 3.8) is 0 Å². The zero-order valence-corrected chi connectivity index (χ0v) is 12.0. The van der Waals surface area contributed by atoms with Gasteiger partial charge in [0.15, 0.2) is 0 Å². The van der Waals surface area contributed by atoms with E-state index < -0.39 is 12.0 Å². The molecule has 1 rings (SSSR count). The Kier molecular flexibility index (Phi) is 5.27. The van der Waals surface area contributed by atoms with Gasteiger partial charge in [-0.05, 0) is 27.9 Å². The first-order valence-corrected chi connectivity index (χ1v) is 6.24. The normalized spacial score (nSPS) is 12.1. The van der Waals surface area contributed by atoms with E-state index in [1.165, 1.54) is 13.3 Å². The van der Waals surface area contributed by atoms with Gasteiger partial charge in [-0.15, -0.1) is 0 Å². The number of hydrogen-bond acceptors (Lipinski definition) is 4. The van der Waals surface area contributed by atoms with Gasteiger partial charge >= 0.3 is 5.97 Å². The molecule has 1 amide bonds. The number of halogens is 1. The van der Waals surface area contributed by atoms with Crippen LogP contribution in [-0.4, -0.2) is 30.0 Å². The Morgan fingerprint density at radius 3 is 2.56 bits per heavy atom. The molecule has 1 N–H and O–H groups in total. The first kappa shape index (κ1) is 14.6. The van der Waals surface area contributed by atoms with E-state index in [4.69, 9.17) is 0 Å². The zero-order valence-electron chi connectivity index (χ0n) is 10.4. The summed E-state index contributed by atoms with van der Waals surface area (Å²) in [6.45, 7) is 3.67. The Hall–Kier alpha value is -1.43. The third-order valence-corrected chi connectivity index (χ3v) is 2.81. The van der Waals surface area contributed by atoms with E-state index in [0.717, 1.165) is 0 Å². The van der Waals surface area contributed by atoms with Gasteiger partial charge in [0, 0.05) is 16.9 Å². The second-order valence-corrected chi connectivity index (χ2v) is 5.03. The molecule has 0 aliphatic carbocycles.